The molecule has 1 saturated heterocycles. The van der Waals surface area contributed by atoms with Gasteiger partial charge in [0.25, 0.3) is 0 Å². The maximum absolute atomic E-state index is 5.46. The maximum atomic E-state index is 5.46. The summed E-state index contributed by atoms with van der Waals surface area (Å²) in [5.41, 5.74) is 8.12. The van der Waals surface area contributed by atoms with Gasteiger partial charge in [0.15, 0.2) is 11.6 Å². The third-order valence-corrected chi connectivity index (χ3v) is 5.18. The third-order valence-electron chi connectivity index (χ3n) is 5.18. The van der Waals surface area contributed by atoms with Gasteiger partial charge in [0.1, 0.15) is 5.69 Å². The molecule has 0 amide bonds. The first-order chi connectivity index (χ1) is 14.8. The van der Waals surface area contributed by atoms with Crippen molar-refractivity contribution >= 4 is 11.5 Å². The zero-order valence-corrected chi connectivity index (χ0v) is 16.7. The Morgan fingerprint density at radius 1 is 1.07 bits per heavy atom. The van der Waals surface area contributed by atoms with Crippen molar-refractivity contribution in [1.82, 2.24) is 25.4 Å². The molecule has 2 N–H and O–H groups in total. The van der Waals surface area contributed by atoms with Crippen molar-refractivity contribution in [2.24, 2.45) is 0 Å². The monoisotopic (exact) mass is 401 g/mol. The van der Waals surface area contributed by atoms with Crippen LogP contribution in [0.1, 0.15) is 5.69 Å². The van der Waals surface area contributed by atoms with Crippen LogP contribution in [0.3, 0.4) is 0 Å². The summed E-state index contributed by atoms with van der Waals surface area (Å²) in [5.74, 6) is 1.54. The van der Waals surface area contributed by atoms with Crippen LogP contribution < -0.4 is 15.3 Å². The first-order valence-electron chi connectivity index (χ1n) is 9.98. The molecule has 2 aliphatic rings. The summed E-state index contributed by atoms with van der Waals surface area (Å²) < 4.78 is 5.46. The summed E-state index contributed by atoms with van der Waals surface area (Å²) in [6.45, 7) is 5.27. The molecule has 3 aromatic rings. The molecule has 0 spiro atoms. The van der Waals surface area contributed by atoms with E-state index in [0.29, 0.717) is 0 Å². The number of allylic oxidation sites excluding steroid dienone is 2. The Bertz CT molecular complexity index is 1100. The lowest BCUT2D eigenvalue weighted by Gasteiger charge is -2.28. The van der Waals surface area contributed by atoms with Crippen molar-refractivity contribution in [2.75, 3.05) is 36.2 Å². The highest BCUT2D eigenvalue weighted by molar-refractivity contribution is 5.71. The van der Waals surface area contributed by atoms with Gasteiger partial charge >= 0.3 is 0 Å². The number of ether oxygens (including phenoxy) is 1. The Kier molecular flexibility index (Phi) is 4.90. The smallest absolute Gasteiger partial charge is 0.172 e. The highest BCUT2D eigenvalue weighted by Gasteiger charge is 2.16. The number of nitrogens with zero attached hydrogens (tertiary/aromatic N) is 5. The van der Waals surface area contributed by atoms with E-state index in [-0.39, 0.29) is 0 Å². The fourth-order valence-corrected chi connectivity index (χ4v) is 3.62. The SMILES string of the molecule is Cc1[nH]c(-c2cc(-c3cncc(N4CCOCC4)c3)ccn2)nc1N1C=CC=CN1. The number of nitrogens with one attached hydrogen (secondary N) is 2. The van der Waals surface area contributed by atoms with Crippen LogP contribution >= 0.6 is 0 Å². The van der Waals surface area contributed by atoms with E-state index in [1.54, 1.807) is 0 Å². The molecule has 0 bridgehead atoms. The molecular formula is C22H23N7O. The fraction of sp³-hybridized carbons (Fsp3) is 0.227. The molecule has 0 aliphatic carbocycles. The van der Waals surface area contributed by atoms with Gasteiger partial charge in [0.05, 0.1) is 30.8 Å². The number of hydrogen-bond acceptors (Lipinski definition) is 7. The highest BCUT2D eigenvalue weighted by Crippen LogP contribution is 2.28. The molecule has 0 radical (unpaired) electrons. The highest BCUT2D eigenvalue weighted by atomic mass is 16.5. The quantitative estimate of drug-likeness (QED) is 0.695. The molecule has 8 heteroatoms. The minimum absolute atomic E-state index is 0.728. The van der Waals surface area contributed by atoms with Gasteiger partial charge in [-0.3, -0.25) is 9.97 Å². The molecule has 30 heavy (non-hydrogen) atoms. The molecule has 5 heterocycles. The molecule has 1 fully saturated rings. The zero-order chi connectivity index (χ0) is 20.3. The van der Waals surface area contributed by atoms with E-state index >= 15 is 0 Å². The summed E-state index contributed by atoms with van der Waals surface area (Å²) in [6.07, 6.45) is 13.3. The summed E-state index contributed by atoms with van der Waals surface area (Å²) in [5, 5.41) is 1.87. The van der Waals surface area contributed by atoms with Gasteiger partial charge in [-0.1, -0.05) is 0 Å². The van der Waals surface area contributed by atoms with Crippen molar-refractivity contribution in [1.29, 1.82) is 0 Å². The Labute approximate surface area is 174 Å². The Balaban J connectivity index is 1.44. The van der Waals surface area contributed by atoms with E-state index < -0.39 is 0 Å². The van der Waals surface area contributed by atoms with E-state index in [1.807, 2.05) is 67.2 Å². The summed E-state index contributed by atoms with van der Waals surface area (Å²) in [7, 11) is 0. The second-order valence-electron chi connectivity index (χ2n) is 7.19. The van der Waals surface area contributed by atoms with Crippen LogP contribution in [0, 0.1) is 6.92 Å². The van der Waals surface area contributed by atoms with Crippen LogP contribution in [-0.2, 0) is 4.74 Å². The average molecular weight is 401 g/mol. The van der Waals surface area contributed by atoms with E-state index in [2.05, 4.69) is 31.3 Å². The average Bonchev–Trinajstić information content (AvgIpc) is 3.22. The van der Waals surface area contributed by atoms with Gasteiger partial charge in [-0.05, 0) is 42.8 Å². The lowest BCUT2D eigenvalue weighted by molar-refractivity contribution is 0.122. The lowest BCUT2D eigenvalue weighted by Crippen LogP contribution is -2.36. The largest absolute Gasteiger partial charge is 0.378 e. The van der Waals surface area contributed by atoms with Gasteiger partial charge in [0.2, 0.25) is 0 Å². The van der Waals surface area contributed by atoms with Crippen molar-refractivity contribution in [3.05, 3.63) is 67.0 Å². The Hall–Kier alpha value is -3.65. The van der Waals surface area contributed by atoms with E-state index in [9.17, 15) is 0 Å². The van der Waals surface area contributed by atoms with Crippen molar-refractivity contribution in [2.45, 2.75) is 6.92 Å². The van der Waals surface area contributed by atoms with Crippen molar-refractivity contribution < 1.29 is 4.74 Å². The van der Waals surface area contributed by atoms with Gasteiger partial charge < -0.3 is 20.0 Å². The van der Waals surface area contributed by atoms with E-state index in [4.69, 9.17) is 9.72 Å². The summed E-state index contributed by atoms with van der Waals surface area (Å²) >= 11 is 0. The molecule has 0 saturated carbocycles. The third kappa shape index (κ3) is 3.65. The number of H-pyrrole nitrogens is 1. The molecule has 8 nitrogen and oxygen atoms in total. The number of rotatable bonds is 4. The Morgan fingerprint density at radius 3 is 2.80 bits per heavy atom. The lowest BCUT2D eigenvalue weighted by atomic mass is 10.1. The van der Waals surface area contributed by atoms with Crippen LogP contribution in [0.25, 0.3) is 22.6 Å². The number of anilines is 2. The molecule has 0 unspecified atom stereocenters. The van der Waals surface area contributed by atoms with Gasteiger partial charge in [0, 0.05) is 43.4 Å². The molecule has 5 rings (SSSR count). The summed E-state index contributed by atoms with van der Waals surface area (Å²) in [6, 6.07) is 6.21. The first-order valence-corrected chi connectivity index (χ1v) is 9.98. The van der Waals surface area contributed by atoms with Crippen LogP contribution in [0.5, 0.6) is 0 Å². The van der Waals surface area contributed by atoms with Crippen molar-refractivity contribution in [3.63, 3.8) is 0 Å². The minimum Gasteiger partial charge on any atom is -0.378 e. The fourth-order valence-electron chi connectivity index (χ4n) is 3.62. The molecule has 2 aliphatic heterocycles. The number of morpholine rings is 1. The second kappa shape index (κ2) is 8.00. The van der Waals surface area contributed by atoms with Gasteiger partial charge in [-0.25, -0.2) is 9.99 Å². The number of hydrogen-bond donors (Lipinski definition) is 2. The number of hydrazine groups is 1. The molecule has 0 atom stereocenters. The van der Waals surface area contributed by atoms with Crippen LogP contribution in [-0.4, -0.2) is 46.2 Å². The van der Waals surface area contributed by atoms with E-state index in [0.717, 1.165) is 66.1 Å². The second-order valence-corrected chi connectivity index (χ2v) is 7.19. The number of imidazole rings is 1. The van der Waals surface area contributed by atoms with Gasteiger partial charge in [-0.2, -0.15) is 0 Å². The normalized spacial score (nSPS) is 16.0. The maximum Gasteiger partial charge on any atom is 0.172 e. The number of pyridine rings is 2. The molecule has 3 aromatic heterocycles. The zero-order valence-electron chi connectivity index (χ0n) is 16.7. The Morgan fingerprint density at radius 2 is 1.97 bits per heavy atom. The van der Waals surface area contributed by atoms with E-state index in [1.165, 1.54) is 0 Å². The molecule has 0 aromatic carbocycles. The molecular weight excluding hydrogens is 378 g/mol. The summed E-state index contributed by atoms with van der Waals surface area (Å²) in [4.78, 5) is 19.4. The van der Waals surface area contributed by atoms with Crippen LogP contribution in [0.4, 0.5) is 11.5 Å². The number of aromatic nitrogens is 4. The molecule has 152 valence electrons. The van der Waals surface area contributed by atoms with Gasteiger partial charge in [-0.15, -0.1) is 0 Å². The topological polar surface area (TPSA) is 82.2 Å². The standard InChI is InChI=1S/C22H23N7O/c1-16-22(29-7-3-2-5-25-29)27-21(26-16)20-13-17(4-6-24-20)18-12-19(15-23-14-18)28-8-10-30-11-9-28/h2-7,12-15,25H,8-11H2,1H3,(H,26,27). The van der Waals surface area contributed by atoms with Crippen LogP contribution in [0.15, 0.2) is 61.3 Å². The minimum atomic E-state index is 0.728. The number of aryl methyl sites for hydroxylation is 1. The predicted molar refractivity (Wildman–Crippen MR) is 117 cm³/mol. The first kappa shape index (κ1) is 18.4. The van der Waals surface area contributed by atoms with Crippen molar-refractivity contribution in [3.8, 4) is 22.6 Å². The van der Waals surface area contributed by atoms with Crippen LogP contribution in [0.2, 0.25) is 0 Å². The predicted octanol–water partition coefficient (Wildman–Crippen LogP) is 3.03. The number of aromatic amines is 1.